The summed E-state index contributed by atoms with van der Waals surface area (Å²) in [6.07, 6.45) is 0. The van der Waals surface area contributed by atoms with Gasteiger partial charge in [-0.15, -0.1) is 0 Å². The highest BCUT2D eigenvalue weighted by atomic mass is 35.5. The number of halogens is 2. The van der Waals surface area contributed by atoms with Gasteiger partial charge >= 0.3 is 0 Å². The van der Waals surface area contributed by atoms with Gasteiger partial charge in [0.1, 0.15) is 5.52 Å². The van der Waals surface area contributed by atoms with Gasteiger partial charge in [0.05, 0.1) is 10.0 Å². The van der Waals surface area contributed by atoms with Gasteiger partial charge in [0, 0.05) is 11.6 Å². The number of nitrogens with zero attached hydrogens (tertiary/aromatic N) is 1. The molecule has 6 aromatic carbocycles. The summed E-state index contributed by atoms with van der Waals surface area (Å²) in [7, 11) is 0. The summed E-state index contributed by atoms with van der Waals surface area (Å²) in [4.78, 5) is 4.62. The van der Waals surface area contributed by atoms with E-state index in [9.17, 15) is 0 Å². The zero-order chi connectivity index (χ0) is 24.9. The number of fused-ring (bicyclic) bond motifs is 3. The third kappa shape index (κ3) is 3.69. The number of hydrogen-bond acceptors (Lipinski definition) is 2. The molecule has 4 heteroatoms. The maximum atomic E-state index is 6.16. The van der Waals surface area contributed by atoms with Crippen molar-refractivity contribution in [3.05, 3.63) is 125 Å². The van der Waals surface area contributed by atoms with E-state index in [1.165, 1.54) is 38.2 Å². The van der Waals surface area contributed by atoms with Gasteiger partial charge in [-0.1, -0.05) is 114 Å². The molecule has 0 aliphatic carbocycles. The molecule has 2 nitrogen and oxygen atoms in total. The predicted molar refractivity (Wildman–Crippen MR) is 155 cm³/mol. The first-order valence-electron chi connectivity index (χ1n) is 12.0. The molecule has 0 atom stereocenters. The molecule has 0 saturated carbocycles. The van der Waals surface area contributed by atoms with E-state index in [4.69, 9.17) is 27.6 Å². The molecule has 37 heavy (non-hydrogen) atoms. The van der Waals surface area contributed by atoms with Gasteiger partial charge in [0.25, 0.3) is 0 Å². The second kappa shape index (κ2) is 8.77. The molecular weight excluding hydrogens is 497 g/mol. The van der Waals surface area contributed by atoms with Crippen LogP contribution in [0.4, 0.5) is 0 Å². The summed E-state index contributed by atoms with van der Waals surface area (Å²) in [5, 5.41) is 5.82. The van der Waals surface area contributed by atoms with E-state index >= 15 is 0 Å². The van der Waals surface area contributed by atoms with Crippen LogP contribution in [0.5, 0.6) is 0 Å². The maximum absolute atomic E-state index is 6.16. The Morgan fingerprint density at radius 2 is 0.946 bits per heavy atom. The van der Waals surface area contributed by atoms with Crippen LogP contribution in [-0.4, -0.2) is 4.98 Å². The molecule has 0 saturated heterocycles. The molecule has 0 bridgehead atoms. The van der Waals surface area contributed by atoms with Gasteiger partial charge in [-0.3, -0.25) is 0 Å². The molecule has 1 aromatic heterocycles. The molecular formula is C33H19Cl2NO. The molecule has 0 N–H and O–H groups in total. The van der Waals surface area contributed by atoms with Crippen molar-refractivity contribution < 1.29 is 4.42 Å². The standard InChI is InChI=1S/C33H19Cl2NO/c34-27-18-29-30(19-28(27)35)37-33(36-29)22-16-14-21(15-17-22)32-25-12-6-4-10-23(25)31(20-8-2-1-3-9-20)24-11-5-7-13-26(24)32/h1-19H. The molecule has 0 aliphatic heterocycles. The number of hydrogen-bond donors (Lipinski definition) is 0. The monoisotopic (exact) mass is 515 g/mol. The predicted octanol–water partition coefficient (Wildman–Crippen LogP) is 10.4. The lowest BCUT2D eigenvalue weighted by molar-refractivity contribution is 0.620. The average molecular weight is 516 g/mol. The normalized spacial score (nSPS) is 11.5. The summed E-state index contributed by atoms with van der Waals surface area (Å²) in [5.74, 6) is 0.536. The number of aromatic nitrogens is 1. The van der Waals surface area contributed by atoms with Crippen LogP contribution < -0.4 is 0 Å². The molecule has 0 radical (unpaired) electrons. The Kier molecular flexibility index (Phi) is 5.24. The van der Waals surface area contributed by atoms with E-state index < -0.39 is 0 Å². The van der Waals surface area contributed by atoms with Crippen molar-refractivity contribution in [2.45, 2.75) is 0 Å². The van der Waals surface area contributed by atoms with E-state index in [0.717, 1.165) is 11.1 Å². The van der Waals surface area contributed by atoms with Crippen LogP contribution in [0.2, 0.25) is 10.0 Å². The molecule has 7 rings (SSSR count). The highest BCUT2D eigenvalue weighted by Gasteiger charge is 2.17. The Hall–Kier alpha value is -4.11. The topological polar surface area (TPSA) is 26.0 Å². The highest BCUT2D eigenvalue weighted by Crippen LogP contribution is 2.43. The fourth-order valence-electron chi connectivity index (χ4n) is 5.18. The van der Waals surface area contributed by atoms with E-state index in [1.807, 2.05) is 0 Å². The number of benzene rings is 6. The first-order valence-corrected chi connectivity index (χ1v) is 12.8. The van der Waals surface area contributed by atoms with Crippen LogP contribution in [0.25, 0.3) is 66.4 Å². The largest absolute Gasteiger partial charge is 0.436 e. The minimum absolute atomic E-state index is 0.449. The molecule has 176 valence electrons. The molecule has 0 aliphatic rings. The molecule has 0 unspecified atom stereocenters. The van der Waals surface area contributed by atoms with Gasteiger partial charge in [-0.05, 0) is 62.0 Å². The van der Waals surface area contributed by atoms with Crippen molar-refractivity contribution >= 4 is 55.8 Å². The van der Waals surface area contributed by atoms with E-state index in [2.05, 4.69) is 108 Å². The van der Waals surface area contributed by atoms with Crippen molar-refractivity contribution in [3.8, 4) is 33.7 Å². The summed E-state index contributed by atoms with van der Waals surface area (Å²) >= 11 is 12.3. The third-order valence-corrected chi connectivity index (χ3v) is 7.57. The Balaban J connectivity index is 1.43. The summed E-state index contributed by atoms with van der Waals surface area (Å²) in [6, 6.07) is 39.8. The fraction of sp³-hybridized carbons (Fsp3) is 0. The lowest BCUT2D eigenvalue weighted by Crippen LogP contribution is -1.90. The SMILES string of the molecule is Clc1cc2nc(-c3ccc(-c4c5ccccc5c(-c5ccccc5)c5ccccc45)cc3)oc2cc1Cl. The van der Waals surface area contributed by atoms with Crippen LogP contribution in [0.15, 0.2) is 120 Å². The zero-order valence-corrected chi connectivity index (χ0v) is 21.1. The Bertz CT molecular complexity index is 1840. The van der Waals surface area contributed by atoms with E-state index in [0.29, 0.717) is 27.0 Å². The number of oxazole rings is 1. The second-order valence-corrected chi connectivity index (χ2v) is 9.85. The molecule has 0 spiro atoms. The quantitative estimate of drug-likeness (QED) is 0.218. The Morgan fingerprint density at radius 1 is 0.486 bits per heavy atom. The van der Waals surface area contributed by atoms with Crippen molar-refractivity contribution in [2.75, 3.05) is 0 Å². The van der Waals surface area contributed by atoms with Crippen LogP contribution in [-0.2, 0) is 0 Å². The van der Waals surface area contributed by atoms with Gasteiger partial charge in [-0.2, -0.15) is 0 Å². The fourth-order valence-corrected chi connectivity index (χ4v) is 5.49. The van der Waals surface area contributed by atoms with Crippen molar-refractivity contribution in [1.29, 1.82) is 0 Å². The minimum atomic E-state index is 0.449. The third-order valence-electron chi connectivity index (χ3n) is 6.84. The van der Waals surface area contributed by atoms with Gasteiger partial charge < -0.3 is 4.42 Å². The molecule has 7 aromatic rings. The van der Waals surface area contributed by atoms with E-state index in [-0.39, 0.29) is 0 Å². The zero-order valence-electron chi connectivity index (χ0n) is 19.6. The summed E-state index contributed by atoms with van der Waals surface area (Å²) in [6.45, 7) is 0. The van der Waals surface area contributed by atoms with E-state index in [1.54, 1.807) is 12.1 Å². The van der Waals surface area contributed by atoms with Crippen LogP contribution in [0.1, 0.15) is 0 Å². The average Bonchev–Trinajstić information content (AvgIpc) is 3.35. The summed E-state index contributed by atoms with van der Waals surface area (Å²) < 4.78 is 5.99. The van der Waals surface area contributed by atoms with Crippen LogP contribution >= 0.6 is 23.2 Å². The number of rotatable bonds is 3. The lowest BCUT2D eigenvalue weighted by Gasteiger charge is -2.17. The minimum Gasteiger partial charge on any atom is -0.436 e. The molecule has 1 heterocycles. The van der Waals surface area contributed by atoms with Gasteiger partial charge in [0.15, 0.2) is 5.58 Å². The Morgan fingerprint density at radius 3 is 1.51 bits per heavy atom. The smallest absolute Gasteiger partial charge is 0.227 e. The van der Waals surface area contributed by atoms with Crippen LogP contribution in [0.3, 0.4) is 0 Å². The van der Waals surface area contributed by atoms with Crippen molar-refractivity contribution in [1.82, 2.24) is 4.98 Å². The maximum Gasteiger partial charge on any atom is 0.227 e. The highest BCUT2D eigenvalue weighted by molar-refractivity contribution is 6.42. The molecule has 0 amide bonds. The molecule has 0 fully saturated rings. The van der Waals surface area contributed by atoms with Crippen molar-refractivity contribution in [2.24, 2.45) is 0 Å². The van der Waals surface area contributed by atoms with Gasteiger partial charge in [0.2, 0.25) is 5.89 Å². The second-order valence-electron chi connectivity index (χ2n) is 9.04. The van der Waals surface area contributed by atoms with Crippen molar-refractivity contribution in [3.63, 3.8) is 0 Å². The lowest BCUT2D eigenvalue weighted by atomic mass is 9.86. The first kappa shape index (κ1) is 22.1. The van der Waals surface area contributed by atoms with Crippen LogP contribution in [0, 0.1) is 0 Å². The summed E-state index contributed by atoms with van der Waals surface area (Å²) in [5.41, 5.74) is 7.01. The Labute approximate surface area is 223 Å². The first-order chi connectivity index (χ1) is 18.2. The van der Waals surface area contributed by atoms with Gasteiger partial charge in [-0.25, -0.2) is 4.98 Å².